The summed E-state index contributed by atoms with van der Waals surface area (Å²) in [7, 11) is 0. The van der Waals surface area contributed by atoms with Gasteiger partial charge in [0.15, 0.2) is 0 Å². The minimum atomic E-state index is -0.369. The van der Waals surface area contributed by atoms with Gasteiger partial charge >= 0.3 is 0 Å². The van der Waals surface area contributed by atoms with Gasteiger partial charge in [-0.3, -0.25) is 4.79 Å². The average Bonchev–Trinajstić information content (AvgIpc) is 2.95. The molecule has 21 heavy (non-hydrogen) atoms. The number of likely N-dealkylation sites (tertiary alicyclic amines) is 1. The van der Waals surface area contributed by atoms with Crippen molar-refractivity contribution >= 4 is 5.91 Å². The summed E-state index contributed by atoms with van der Waals surface area (Å²) in [5, 5.41) is 3.19. The number of nitrogens with zero attached hydrogens (tertiary/aromatic N) is 1. The van der Waals surface area contributed by atoms with E-state index >= 15 is 0 Å². The van der Waals surface area contributed by atoms with Crippen LogP contribution in [-0.2, 0) is 16.0 Å². The van der Waals surface area contributed by atoms with E-state index in [-0.39, 0.29) is 23.9 Å². The molecule has 4 nitrogen and oxygen atoms in total. The fraction of sp³-hybridized carbons (Fsp3) is 0.562. The van der Waals surface area contributed by atoms with E-state index < -0.39 is 0 Å². The lowest BCUT2D eigenvalue weighted by molar-refractivity contribution is -0.146. The van der Waals surface area contributed by atoms with Crippen molar-refractivity contribution in [2.75, 3.05) is 26.2 Å². The third kappa shape index (κ3) is 3.41. The zero-order valence-electron chi connectivity index (χ0n) is 12.1. The van der Waals surface area contributed by atoms with Crippen LogP contribution in [0.4, 0.5) is 4.39 Å². The number of hydrogen-bond donors (Lipinski definition) is 1. The van der Waals surface area contributed by atoms with Crippen LogP contribution in [-0.4, -0.2) is 49.2 Å². The first-order chi connectivity index (χ1) is 10.2. The van der Waals surface area contributed by atoms with Gasteiger partial charge in [-0.2, -0.15) is 0 Å². The Morgan fingerprint density at radius 2 is 2.38 bits per heavy atom. The van der Waals surface area contributed by atoms with E-state index in [1.807, 2.05) is 11.0 Å². The SMILES string of the molecule is O=C([C@@H]1CNCCO1)N1CCC[C@@H]1Cc1cccc(F)c1. The van der Waals surface area contributed by atoms with Crippen LogP contribution in [0.5, 0.6) is 0 Å². The highest BCUT2D eigenvalue weighted by atomic mass is 19.1. The van der Waals surface area contributed by atoms with Crippen molar-refractivity contribution < 1.29 is 13.9 Å². The molecule has 2 aliphatic heterocycles. The Bertz CT molecular complexity index is 503. The maximum atomic E-state index is 13.3. The van der Waals surface area contributed by atoms with Crippen molar-refractivity contribution in [3.05, 3.63) is 35.6 Å². The fourth-order valence-electron chi connectivity index (χ4n) is 3.18. The summed E-state index contributed by atoms with van der Waals surface area (Å²) in [6.45, 7) is 2.75. The first kappa shape index (κ1) is 14.5. The van der Waals surface area contributed by atoms with Gasteiger partial charge in [-0.05, 0) is 37.0 Å². The molecule has 0 radical (unpaired) electrons. The van der Waals surface area contributed by atoms with Crippen LogP contribution < -0.4 is 5.32 Å². The van der Waals surface area contributed by atoms with Crippen LogP contribution in [0.3, 0.4) is 0 Å². The van der Waals surface area contributed by atoms with E-state index in [1.54, 1.807) is 12.1 Å². The van der Waals surface area contributed by atoms with Crippen LogP contribution in [0.1, 0.15) is 18.4 Å². The Hall–Kier alpha value is -1.46. The van der Waals surface area contributed by atoms with Crippen molar-refractivity contribution in [1.29, 1.82) is 0 Å². The molecule has 0 aromatic heterocycles. The number of amides is 1. The largest absolute Gasteiger partial charge is 0.366 e. The summed E-state index contributed by atoms with van der Waals surface area (Å²) >= 11 is 0. The molecule has 0 unspecified atom stereocenters. The molecular weight excluding hydrogens is 271 g/mol. The van der Waals surface area contributed by atoms with Crippen LogP contribution in [0, 0.1) is 5.82 Å². The monoisotopic (exact) mass is 292 g/mol. The molecule has 0 spiro atoms. The Kier molecular flexibility index (Phi) is 4.51. The number of carbonyl (C=O) groups is 1. The lowest BCUT2D eigenvalue weighted by Gasteiger charge is -2.31. The molecule has 1 aromatic carbocycles. The predicted molar refractivity (Wildman–Crippen MR) is 77.4 cm³/mol. The summed E-state index contributed by atoms with van der Waals surface area (Å²) < 4.78 is 18.8. The second-order valence-electron chi connectivity index (χ2n) is 5.73. The fourth-order valence-corrected chi connectivity index (χ4v) is 3.18. The van der Waals surface area contributed by atoms with E-state index in [0.29, 0.717) is 19.6 Å². The highest BCUT2D eigenvalue weighted by Gasteiger charge is 2.34. The molecule has 2 saturated heterocycles. The number of halogens is 1. The molecule has 5 heteroatoms. The Labute approximate surface area is 124 Å². The van der Waals surface area contributed by atoms with Gasteiger partial charge in [0, 0.05) is 25.7 Å². The predicted octanol–water partition coefficient (Wildman–Crippen LogP) is 1.35. The summed E-state index contributed by atoms with van der Waals surface area (Å²) in [5.41, 5.74) is 0.947. The second kappa shape index (κ2) is 6.54. The van der Waals surface area contributed by atoms with E-state index in [4.69, 9.17) is 4.74 Å². The topological polar surface area (TPSA) is 41.6 Å². The third-order valence-electron chi connectivity index (χ3n) is 4.22. The first-order valence-electron chi connectivity index (χ1n) is 7.61. The lowest BCUT2D eigenvalue weighted by atomic mass is 10.0. The summed E-state index contributed by atoms with van der Waals surface area (Å²) in [4.78, 5) is 14.5. The standard InChI is InChI=1S/C16H21FN2O2/c17-13-4-1-3-12(9-13)10-14-5-2-7-19(14)16(20)15-11-18-6-8-21-15/h1,3-4,9,14-15,18H,2,5-8,10-11H2/t14-,15+/m1/s1. The van der Waals surface area contributed by atoms with Gasteiger partial charge in [0.25, 0.3) is 5.91 Å². The number of carbonyl (C=O) groups excluding carboxylic acids is 1. The second-order valence-corrected chi connectivity index (χ2v) is 5.73. The van der Waals surface area contributed by atoms with Crippen molar-refractivity contribution in [3.8, 4) is 0 Å². The minimum Gasteiger partial charge on any atom is -0.366 e. The zero-order chi connectivity index (χ0) is 14.7. The smallest absolute Gasteiger partial charge is 0.253 e. The quantitative estimate of drug-likeness (QED) is 0.914. The molecule has 0 aliphatic carbocycles. The van der Waals surface area contributed by atoms with Crippen LogP contribution in [0.25, 0.3) is 0 Å². The van der Waals surface area contributed by atoms with Crippen molar-refractivity contribution in [1.82, 2.24) is 10.2 Å². The third-order valence-corrected chi connectivity index (χ3v) is 4.22. The van der Waals surface area contributed by atoms with Gasteiger partial charge in [-0.1, -0.05) is 12.1 Å². The minimum absolute atomic E-state index is 0.0705. The Morgan fingerprint density at radius 3 is 3.14 bits per heavy atom. The molecule has 1 aromatic rings. The molecule has 0 bridgehead atoms. The molecular formula is C16H21FN2O2. The van der Waals surface area contributed by atoms with Crippen molar-refractivity contribution in [2.24, 2.45) is 0 Å². The molecule has 2 heterocycles. The number of ether oxygens (including phenoxy) is 1. The molecule has 3 rings (SSSR count). The van der Waals surface area contributed by atoms with Gasteiger partial charge in [-0.15, -0.1) is 0 Å². The lowest BCUT2D eigenvalue weighted by Crippen LogP contribution is -2.51. The summed E-state index contributed by atoms with van der Waals surface area (Å²) in [6, 6.07) is 6.80. The Balaban J connectivity index is 1.66. The van der Waals surface area contributed by atoms with E-state index in [9.17, 15) is 9.18 Å². The number of benzene rings is 1. The van der Waals surface area contributed by atoms with Crippen LogP contribution in [0.2, 0.25) is 0 Å². The molecule has 114 valence electrons. The van der Waals surface area contributed by atoms with E-state index in [2.05, 4.69) is 5.32 Å². The molecule has 2 aliphatic rings. The number of nitrogens with one attached hydrogen (secondary N) is 1. The average molecular weight is 292 g/mol. The summed E-state index contributed by atoms with van der Waals surface area (Å²) in [6.07, 6.45) is 2.32. The molecule has 1 N–H and O–H groups in total. The van der Waals surface area contributed by atoms with Gasteiger partial charge in [0.1, 0.15) is 11.9 Å². The van der Waals surface area contributed by atoms with Gasteiger partial charge in [0.2, 0.25) is 0 Å². The van der Waals surface area contributed by atoms with Gasteiger partial charge in [0.05, 0.1) is 6.61 Å². The molecule has 2 fully saturated rings. The Morgan fingerprint density at radius 1 is 1.48 bits per heavy atom. The van der Waals surface area contributed by atoms with Gasteiger partial charge in [-0.25, -0.2) is 4.39 Å². The molecule has 1 amide bonds. The number of rotatable bonds is 3. The maximum Gasteiger partial charge on any atom is 0.253 e. The normalized spacial score (nSPS) is 26.0. The van der Waals surface area contributed by atoms with Crippen LogP contribution in [0.15, 0.2) is 24.3 Å². The van der Waals surface area contributed by atoms with Gasteiger partial charge < -0.3 is 15.0 Å². The number of hydrogen-bond acceptors (Lipinski definition) is 3. The first-order valence-corrected chi connectivity index (χ1v) is 7.61. The molecule has 2 atom stereocenters. The highest BCUT2D eigenvalue weighted by molar-refractivity contribution is 5.82. The highest BCUT2D eigenvalue weighted by Crippen LogP contribution is 2.23. The van der Waals surface area contributed by atoms with Crippen molar-refractivity contribution in [2.45, 2.75) is 31.4 Å². The number of morpholine rings is 1. The van der Waals surface area contributed by atoms with Crippen LogP contribution >= 0.6 is 0 Å². The molecule has 0 saturated carbocycles. The van der Waals surface area contributed by atoms with E-state index in [0.717, 1.165) is 31.5 Å². The van der Waals surface area contributed by atoms with Crippen molar-refractivity contribution in [3.63, 3.8) is 0 Å². The summed E-state index contributed by atoms with van der Waals surface area (Å²) in [5.74, 6) is -0.149. The van der Waals surface area contributed by atoms with E-state index in [1.165, 1.54) is 6.07 Å². The zero-order valence-corrected chi connectivity index (χ0v) is 12.1. The maximum absolute atomic E-state index is 13.3.